The molecule has 0 saturated heterocycles. The van der Waals surface area contributed by atoms with Crippen molar-refractivity contribution < 1.29 is 9.53 Å². The number of thiophene rings is 1. The van der Waals surface area contributed by atoms with Gasteiger partial charge in [0.05, 0.1) is 12.2 Å². The van der Waals surface area contributed by atoms with E-state index in [1.807, 2.05) is 42.5 Å². The van der Waals surface area contributed by atoms with E-state index in [0.29, 0.717) is 30.0 Å². The van der Waals surface area contributed by atoms with Crippen LogP contribution in [0, 0.1) is 11.3 Å². The third-order valence-electron chi connectivity index (χ3n) is 3.59. The number of hydrogen-bond acceptors (Lipinski definition) is 4. The molecule has 2 aromatic carbocycles. The lowest BCUT2D eigenvalue weighted by Gasteiger charge is -2.09. The topological polar surface area (TPSA) is 62.1 Å². The minimum Gasteiger partial charge on any atom is -0.493 e. The van der Waals surface area contributed by atoms with E-state index in [9.17, 15) is 4.79 Å². The molecule has 0 bridgehead atoms. The van der Waals surface area contributed by atoms with Crippen LogP contribution in [0.1, 0.15) is 18.4 Å². The molecule has 0 saturated carbocycles. The van der Waals surface area contributed by atoms with Crippen LogP contribution >= 0.6 is 11.3 Å². The number of benzene rings is 2. The Labute approximate surface area is 144 Å². The molecule has 1 aromatic heterocycles. The van der Waals surface area contributed by atoms with Gasteiger partial charge in [-0.15, -0.1) is 11.3 Å². The van der Waals surface area contributed by atoms with Gasteiger partial charge in [0.25, 0.3) is 0 Å². The summed E-state index contributed by atoms with van der Waals surface area (Å²) < 4.78 is 5.82. The van der Waals surface area contributed by atoms with Crippen molar-refractivity contribution in [2.24, 2.45) is 0 Å². The first-order valence-corrected chi connectivity index (χ1v) is 8.54. The molecular formula is C19H16N2O2S. The first kappa shape index (κ1) is 16.0. The molecule has 4 nitrogen and oxygen atoms in total. The molecule has 0 aliphatic carbocycles. The monoisotopic (exact) mass is 336 g/mol. The number of hydrogen-bond donors (Lipinski definition) is 1. The molecule has 0 unspecified atom stereocenters. The second-order valence-electron chi connectivity index (χ2n) is 5.25. The summed E-state index contributed by atoms with van der Waals surface area (Å²) in [5.41, 5.74) is 0.500. The highest BCUT2D eigenvalue weighted by Crippen LogP contribution is 2.25. The van der Waals surface area contributed by atoms with E-state index in [1.54, 1.807) is 11.4 Å². The standard InChI is InChI=1S/C19H16N2O2S/c20-13-15-10-12-24-19(15)21-18(22)9-4-11-23-17-8-3-6-14-5-1-2-7-16(14)17/h1-3,5-8,10,12H,4,9,11H2,(H,21,22). The lowest BCUT2D eigenvalue weighted by molar-refractivity contribution is -0.116. The number of carbonyl (C=O) groups is 1. The predicted octanol–water partition coefficient (Wildman–Crippen LogP) is 4.57. The Bertz CT molecular complexity index is 890. The Hall–Kier alpha value is -2.84. The maximum absolute atomic E-state index is 11.9. The van der Waals surface area contributed by atoms with Crippen LogP contribution in [0.2, 0.25) is 0 Å². The van der Waals surface area contributed by atoms with Gasteiger partial charge in [0.1, 0.15) is 16.8 Å². The molecule has 0 spiro atoms. The van der Waals surface area contributed by atoms with Crippen molar-refractivity contribution in [2.45, 2.75) is 12.8 Å². The van der Waals surface area contributed by atoms with Crippen molar-refractivity contribution in [1.82, 2.24) is 0 Å². The Morgan fingerprint density at radius 1 is 1.17 bits per heavy atom. The lowest BCUT2D eigenvalue weighted by atomic mass is 10.1. The molecule has 0 aliphatic heterocycles. The second-order valence-corrected chi connectivity index (χ2v) is 6.17. The van der Waals surface area contributed by atoms with Gasteiger partial charge < -0.3 is 10.1 Å². The highest BCUT2D eigenvalue weighted by molar-refractivity contribution is 7.14. The zero-order valence-corrected chi connectivity index (χ0v) is 13.8. The number of nitriles is 1. The summed E-state index contributed by atoms with van der Waals surface area (Å²) in [6.45, 7) is 0.469. The molecule has 0 atom stereocenters. The van der Waals surface area contributed by atoms with E-state index in [2.05, 4.69) is 11.4 Å². The van der Waals surface area contributed by atoms with Gasteiger partial charge in [-0.2, -0.15) is 5.26 Å². The molecule has 3 rings (SSSR count). The smallest absolute Gasteiger partial charge is 0.225 e. The summed E-state index contributed by atoms with van der Waals surface area (Å²) in [4.78, 5) is 11.9. The summed E-state index contributed by atoms with van der Waals surface area (Å²) in [5, 5.41) is 16.3. The Morgan fingerprint density at radius 2 is 2.00 bits per heavy atom. The van der Waals surface area contributed by atoms with Crippen LogP contribution in [0.4, 0.5) is 5.00 Å². The van der Waals surface area contributed by atoms with Crippen molar-refractivity contribution in [1.29, 1.82) is 5.26 Å². The molecule has 5 heteroatoms. The van der Waals surface area contributed by atoms with Gasteiger partial charge in [0, 0.05) is 11.8 Å². The zero-order chi connectivity index (χ0) is 16.8. The molecule has 24 heavy (non-hydrogen) atoms. The molecule has 0 aliphatic rings. The molecule has 1 amide bonds. The minimum absolute atomic E-state index is 0.101. The van der Waals surface area contributed by atoms with E-state index in [4.69, 9.17) is 10.00 Å². The Balaban J connectivity index is 1.50. The summed E-state index contributed by atoms with van der Waals surface area (Å²) in [7, 11) is 0. The fourth-order valence-corrected chi connectivity index (χ4v) is 3.17. The van der Waals surface area contributed by atoms with Crippen LogP contribution in [0.25, 0.3) is 10.8 Å². The molecule has 120 valence electrons. The van der Waals surface area contributed by atoms with Gasteiger partial charge in [-0.3, -0.25) is 4.79 Å². The fourth-order valence-electron chi connectivity index (χ4n) is 2.42. The van der Waals surface area contributed by atoms with E-state index >= 15 is 0 Å². The van der Waals surface area contributed by atoms with Crippen LogP contribution in [-0.2, 0) is 4.79 Å². The van der Waals surface area contributed by atoms with E-state index < -0.39 is 0 Å². The number of fused-ring (bicyclic) bond motifs is 1. The average molecular weight is 336 g/mol. The van der Waals surface area contributed by atoms with E-state index in [-0.39, 0.29) is 5.91 Å². The van der Waals surface area contributed by atoms with Gasteiger partial charge in [-0.25, -0.2) is 0 Å². The van der Waals surface area contributed by atoms with Gasteiger partial charge >= 0.3 is 0 Å². The van der Waals surface area contributed by atoms with Gasteiger partial charge in [-0.1, -0.05) is 36.4 Å². The maximum Gasteiger partial charge on any atom is 0.225 e. The van der Waals surface area contributed by atoms with Crippen molar-refractivity contribution in [2.75, 3.05) is 11.9 Å². The van der Waals surface area contributed by atoms with Crippen molar-refractivity contribution in [3.05, 3.63) is 59.5 Å². The van der Waals surface area contributed by atoms with Crippen LogP contribution < -0.4 is 10.1 Å². The third-order valence-corrected chi connectivity index (χ3v) is 4.42. The molecule has 1 N–H and O–H groups in total. The van der Waals surface area contributed by atoms with Gasteiger partial charge in [0.2, 0.25) is 5.91 Å². The van der Waals surface area contributed by atoms with Crippen molar-refractivity contribution >= 4 is 33.0 Å². The first-order valence-electron chi connectivity index (χ1n) is 7.66. The van der Waals surface area contributed by atoms with Gasteiger partial charge in [0.15, 0.2) is 0 Å². The number of carbonyl (C=O) groups excluding carboxylic acids is 1. The number of nitrogens with one attached hydrogen (secondary N) is 1. The predicted molar refractivity (Wildman–Crippen MR) is 96.3 cm³/mol. The zero-order valence-electron chi connectivity index (χ0n) is 13.0. The first-order chi connectivity index (χ1) is 11.8. The number of nitrogens with zero attached hydrogens (tertiary/aromatic N) is 1. The number of amides is 1. The summed E-state index contributed by atoms with van der Waals surface area (Å²) in [6.07, 6.45) is 0.968. The number of anilines is 1. The van der Waals surface area contributed by atoms with E-state index in [1.165, 1.54) is 11.3 Å². The SMILES string of the molecule is N#Cc1ccsc1NC(=O)CCCOc1cccc2ccccc12. The van der Waals surface area contributed by atoms with Crippen LogP contribution in [0.15, 0.2) is 53.9 Å². The average Bonchev–Trinajstić information content (AvgIpc) is 3.06. The minimum atomic E-state index is -0.101. The summed E-state index contributed by atoms with van der Waals surface area (Å²) in [6, 6.07) is 17.8. The van der Waals surface area contributed by atoms with Gasteiger partial charge in [-0.05, 0) is 29.3 Å². The maximum atomic E-state index is 11.9. The quantitative estimate of drug-likeness (QED) is 0.671. The molecule has 0 fully saturated rings. The normalized spacial score (nSPS) is 10.3. The largest absolute Gasteiger partial charge is 0.493 e. The fraction of sp³-hybridized carbons (Fsp3) is 0.158. The summed E-state index contributed by atoms with van der Waals surface area (Å²) >= 11 is 1.35. The van der Waals surface area contributed by atoms with Crippen molar-refractivity contribution in [3.63, 3.8) is 0 Å². The van der Waals surface area contributed by atoms with Crippen LogP contribution in [0.3, 0.4) is 0 Å². The third kappa shape index (κ3) is 3.73. The molecular weight excluding hydrogens is 320 g/mol. The van der Waals surface area contributed by atoms with Crippen LogP contribution in [-0.4, -0.2) is 12.5 Å². The summed E-state index contributed by atoms with van der Waals surface area (Å²) in [5.74, 6) is 0.731. The number of ether oxygens (including phenoxy) is 1. The molecule has 0 radical (unpaired) electrons. The highest BCUT2D eigenvalue weighted by atomic mass is 32.1. The molecule has 3 aromatic rings. The second kappa shape index (κ2) is 7.62. The number of rotatable bonds is 6. The lowest BCUT2D eigenvalue weighted by Crippen LogP contribution is -2.12. The van der Waals surface area contributed by atoms with Crippen LogP contribution in [0.5, 0.6) is 5.75 Å². The molecule has 1 heterocycles. The van der Waals surface area contributed by atoms with E-state index in [0.717, 1.165) is 16.5 Å². The van der Waals surface area contributed by atoms with Crippen molar-refractivity contribution in [3.8, 4) is 11.8 Å². The Kier molecular flexibility index (Phi) is 5.09. The highest BCUT2D eigenvalue weighted by Gasteiger charge is 2.08. The Morgan fingerprint density at radius 3 is 2.88 bits per heavy atom.